The molecule has 0 saturated carbocycles. The van der Waals surface area contributed by atoms with Crippen LogP contribution in [0.2, 0.25) is 0 Å². The maximum Gasteiger partial charge on any atom is 0.181 e. The van der Waals surface area contributed by atoms with Gasteiger partial charge in [0.1, 0.15) is 0 Å². The molecule has 0 aromatic rings. The van der Waals surface area contributed by atoms with Gasteiger partial charge in [0, 0.05) is 0 Å². The van der Waals surface area contributed by atoms with E-state index in [1.165, 1.54) is 18.2 Å². The summed E-state index contributed by atoms with van der Waals surface area (Å²) in [6.45, 7) is 1.62. The van der Waals surface area contributed by atoms with Crippen LogP contribution in [0, 0.1) is 12.3 Å². The fourth-order valence-corrected chi connectivity index (χ4v) is 0.873. The molecule has 1 unspecified atom stereocenters. The Morgan fingerprint density at radius 3 is 2.82 bits per heavy atom. The minimum absolute atomic E-state index is 0.107. The minimum Gasteiger partial charge on any atom is -0.370 e. The monoisotopic (exact) mass is 148 g/mol. The summed E-state index contributed by atoms with van der Waals surface area (Å²) in [5.41, 5.74) is -0.884. The molecule has 0 aliphatic heterocycles. The van der Waals surface area contributed by atoms with Gasteiger partial charge in [-0.3, -0.25) is 4.79 Å². The molecule has 1 aliphatic rings. The molecular weight excluding hydrogens is 140 g/mol. The van der Waals surface area contributed by atoms with Crippen LogP contribution in [0.3, 0.4) is 0 Å². The number of carbonyl (C=O) groups is 1. The van der Waals surface area contributed by atoms with Gasteiger partial charge in [0.2, 0.25) is 0 Å². The normalized spacial score (nSPS) is 29.5. The SMILES string of the molecule is C#CC1(O)C=CC(=O)C(C)=C1. The quantitative estimate of drug-likeness (QED) is 0.506. The van der Waals surface area contributed by atoms with Gasteiger partial charge >= 0.3 is 0 Å². The smallest absolute Gasteiger partial charge is 0.181 e. The lowest BCUT2D eigenvalue weighted by Crippen LogP contribution is -2.24. The Bertz CT molecular complexity index is 291. The molecule has 1 rings (SSSR count). The number of terminal acetylenes is 1. The van der Waals surface area contributed by atoms with E-state index in [0.717, 1.165) is 0 Å². The van der Waals surface area contributed by atoms with Gasteiger partial charge in [-0.1, -0.05) is 5.92 Å². The minimum atomic E-state index is -1.36. The second-order valence-corrected chi connectivity index (χ2v) is 2.49. The van der Waals surface area contributed by atoms with Crippen LogP contribution in [0.5, 0.6) is 0 Å². The molecule has 0 radical (unpaired) electrons. The number of ketones is 1. The molecule has 0 saturated heterocycles. The van der Waals surface area contributed by atoms with Gasteiger partial charge in [-0.15, -0.1) is 6.42 Å². The van der Waals surface area contributed by atoms with Gasteiger partial charge in [0.05, 0.1) is 0 Å². The highest BCUT2D eigenvalue weighted by Crippen LogP contribution is 2.16. The van der Waals surface area contributed by atoms with Crippen LogP contribution in [0.25, 0.3) is 0 Å². The molecule has 2 heteroatoms. The number of rotatable bonds is 0. The predicted octanol–water partition coefficient (Wildman–Crippen LogP) is 0.436. The second-order valence-electron chi connectivity index (χ2n) is 2.49. The van der Waals surface area contributed by atoms with Crippen molar-refractivity contribution in [3.8, 4) is 12.3 Å². The van der Waals surface area contributed by atoms with Gasteiger partial charge in [0.15, 0.2) is 11.4 Å². The average Bonchev–Trinajstić information content (AvgIpc) is 1.98. The summed E-state index contributed by atoms with van der Waals surface area (Å²) < 4.78 is 0. The van der Waals surface area contributed by atoms with E-state index in [1.807, 2.05) is 0 Å². The van der Waals surface area contributed by atoms with E-state index in [1.54, 1.807) is 6.92 Å². The van der Waals surface area contributed by atoms with Crippen LogP contribution >= 0.6 is 0 Å². The number of carbonyl (C=O) groups excluding carboxylic acids is 1. The van der Waals surface area contributed by atoms with Crippen LogP contribution in [-0.4, -0.2) is 16.5 Å². The molecule has 0 spiro atoms. The highest BCUT2D eigenvalue weighted by Gasteiger charge is 2.22. The first kappa shape index (κ1) is 7.77. The van der Waals surface area contributed by atoms with E-state index in [9.17, 15) is 9.90 Å². The Morgan fingerprint density at radius 2 is 2.36 bits per heavy atom. The highest BCUT2D eigenvalue weighted by molar-refractivity contribution is 6.05. The van der Waals surface area contributed by atoms with E-state index >= 15 is 0 Å². The highest BCUT2D eigenvalue weighted by atomic mass is 16.3. The van der Waals surface area contributed by atoms with Gasteiger partial charge in [-0.2, -0.15) is 0 Å². The number of aliphatic hydroxyl groups is 1. The molecule has 56 valence electrons. The first-order valence-corrected chi connectivity index (χ1v) is 3.20. The van der Waals surface area contributed by atoms with Gasteiger partial charge in [0.25, 0.3) is 0 Å². The zero-order valence-corrected chi connectivity index (χ0v) is 6.16. The molecule has 0 heterocycles. The Kier molecular flexibility index (Phi) is 1.67. The van der Waals surface area contributed by atoms with Crippen molar-refractivity contribution < 1.29 is 9.90 Å². The van der Waals surface area contributed by atoms with E-state index in [2.05, 4.69) is 5.92 Å². The molecule has 1 N–H and O–H groups in total. The molecule has 2 nitrogen and oxygen atoms in total. The van der Waals surface area contributed by atoms with Crippen molar-refractivity contribution in [3.05, 3.63) is 23.8 Å². The van der Waals surface area contributed by atoms with Crippen molar-refractivity contribution >= 4 is 5.78 Å². The number of hydrogen-bond donors (Lipinski definition) is 1. The largest absolute Gasteiger partial charge is 0.370 e. The summed E-state index contributed by atoms with van der Waals surface area (Å²) in [5.74, 6) is 2.06. The molecule has 0 bridgehead atoms. The lowest BCUT2D eigenvalue weighted by Gasteiger charge is -2.16. The average molecular weight is 148 g/mol. The van der Waals surface area contributed by atoms with E-state index in [4.69, 9.17) is 6.42 Å². The summed E-state index contributed by atoms with van der Waals surface area (Å²) >= 11 is 0. The molecule has 0 aromatic heterocycles. The number of allylic oxidation sites excluding steroid dienone is 2. The van der Waals surface area contributed by atoms with Crippen molar-refractivity contribution in [1.82, 2.24) is 0 Å². The first-order valence-electron chi connectivity index (χ1n) is 3.20. The van der Waals surface area contributed by atoms with Crippen LogP contribution in [0.4, 0.5) is 0 Å². The fourth-order valence-electron chi connectivity index (χ4n) is 0.873. The zero-order valence-electron chi connectivity index (χ0n) is 6.16. The van der Waals surface area contributed by atoms with Crippen LogP contribution in [0.1, 0.15) is 6.92 Å². The van der Waals surface area contributed by atoms with Crippen LogP contribution in [0.15, 0.2) is 23.8 Å². The molecule has 11 heavy (non-hydrogen) atoms. The summed E-state index contributed by atoms with van der Waals surface area (Å²) in [6, 6.07) is 0. The van der Waals surface area contributed by atoms with E-state index in [0.29, 0.717) is 5.57 Å². The topological polar surface area (TPSA) is 37.3 Å². The second kappa shape index (κ2) is 2.37. The van der Waals surface area contributed by atoms with Crippen LogP contribution in [-0.2, 0) is 4.79 Å². The van der Waals surface area contributed by atoms with Crippen molar-refractivity contribution in [2.24, 2.45) is 0 Å². The Balaban J connectivity index is 3.05. The lowest BCUT2D eigenvalue weighted by molar-refractivity contribution is -0.111. The molecule has 1 aliphatic carbocycles. The van der Waals surface area contributed by atoms with E-state index in [-0.39, 0.29) is 5.78 Å². The summed E-state index contributed by atoms with van der Waals surface area (Å²) in [4.78, 5) is 10.9. The van der Waals surface area contributed by atoms with Gasteiger partial charge in [-0.05, 0) is 30.7 Å². The van der Waals surface area contributed by atoms with Crippen molar-refractivity contribution in [2.75, 3.05) is 0 Å². The molecule has 1 atom stereocenters. The Morgan fingerprint density at radius 1 is 1.73 bits per heavy atom. The Hall–Kier alpha value is -1.33. The van der Waals surface area contributed by atoms with E-state index < -0.39 is 5.60 Å². The lowest BCUT2D eigenvalue weighted by atomic mass is 9.94. The molecular formula is C9H8O2. The maximum atomic E-state index is 10.9. The van der Waals surface area contributed by atoms with Gasteiger partial charge in [-0.25, -0.2) is 0 Å². The Labute approximate surface area is 65.2 Å². The third-order valence-corrected chi connectivity index (χ3v) is 1.55. The third-order valence-electron chi connectivity index (χ3n) is 1.55. The summed E-state index contributed by atoms with van der Waals surface area (Å²) in [6.07, 6.45) is 9.00. The zero-order chi connectivity index (χ0) is 8.48. The van der Waals surface area contributed by atoms with Crippen molar-refractivity contribution in [2.45, 2.75) is 12.5 Å². The molecule has 0 fully saturated rings. The maximum absolute atomic E-state index is 10.9. The first-order chi connectivity index (χ1) is 5.07. The van der Waals surface area contributed by atoms with Crippen molar-refractivity contribution in [3.63, 3.8) is 0 Å². The standard InChI is InChI=1S/C9H8O2/c1-3-9(11)5-4-8(10)7(2)6-9/h1,4-6,11H,2H3. The molecule has 0 aromatic carbocycles. The van der Waals surface area contributed by atoms with Gasteiger partial charge < -0.3 is 5.11 Å². The van der Waals surface area contributed by atoms with Crippen LogP contribution < -0.4 is 0 Å². The third kappa shape index (κ3) is 1.39. The number of hydrogen-bond acceptors (Lipinski definition) is 2. The summed E-state index contributed by atoms with van der Waals surface area (Å²) in [5, 5.41) is 9.42. The fraction of sp³-hybridized carbons (Fsp3) is 0.222. The summed E-state index contributed by atoms with van der Waals surface area (Å²) in [7, 11) is 0. The molecule has 0 amide bonds. The predicted molar refractivity (Wildman–Crippen MR) is 41.7 cm³/mol. The van der Waals surface area contributed by atoms with Crippen molar-refractivity contribution in [1.29, 1.82) is 0 Å².